The summed E-state index contributed by atoms with van der Waals surface area (Å²) in [4.78, 5) is 16.4. The van der Waals surface area contributed by atoms with Gasteiger partial charge in [-0.15, -0.1) is 11.3 Å². The molecule has 0 spiro atoms. The molecule has 23 heavy (non-hydrogen) atoms. The summed E-state index contributed by atoms with van der Waals surface area (Å²) < 4.78 is 10.7. The summed E-state index contributed by atoms with van der Waals surface area (Å²) in [5, 5.41) is 15.3. The van der Waals surface area contributed by atoms with E-state index in [2.05, 4.69) is 10.3 Å². The fourth-order valence-corrected chi connectivity index (χ4v) is 2.82. The summed E-state index contributed by atoms with van der Waals surface area (Å²) in [5.74, 6) is 1.45. The largest absolute Gasteiger partial charge is 0.466 e. The van der Waals surface area contributed by atoms with Crippen LogP contribution in [0.1, 0.15) is 28.9 Å². The molecule has 6 nitrogen and oxygen atoms in total. The second kappa shape index (κ2) is 6.02. The van der Waals surface area contributed by atoms with Crippen molar-refractivity contribution in [1.29, 1.82) is 0 Å². The van der Waals surface area contributed by atoms with Crippen molar-refractivity contribution < 1.29 is 18.7 Å². The van der Waals surface area contributed by atoms with Crippen LogP contribution >= 0.6 is 11.3 Å². The first-order chi connectivity index (χ1) is 11.0. The predicted molar refractivity (Wildman–Crippen MR) is 85.2 cm³/mol. The highest BCUT2D eigenvalue weighted by atomic mass is 32.1. The Bertz CT molecular complexity index is 802. The third kappa shape index (κ3) is 3.35. The minimum Gasteiger partial charge on any atom is -0.466 e. The summed E-state index contributed by atoms with van der Waals surface area (Å²) >= 11 is 1.33. The van der Waals surface area contributed by atoms with Crippen LogP contribution < -0.4 is 5.32 Å². The van der Waals surface area contributed by atoms with Gasteiger partial charge in [0.1, 0.15) is 22.8 Å². The normalized spacial score (nSPS) is 13.7. The number of hydrogen-bond donors (Lipinski definition) is 2. The number of hydrogen-bond acceptors (Lipinski definition) is 6. The van der Waals surface area contributed by atoms with Gasteiger partial charge in [-0.25, -0.2) is 4.98 Å². The highest BCUT2D eigenvalue weighted by Gasteiger charge is 2.27. The van der Waals surface area contributed by atoms with Crippen molar-refractivity contribution in [3.8, 4) is 10.8 Å². The Morgan fingerprint density at radius 3 is 2.91 bits per heavy atom. The molecule has 2 N–H and O–H groups in total. The molecule has 3 heterocycles. The third-order valence-electron chi connectivity index (χ3n) is 3.33. The average molecular weight is 332 g/mol. The maximum absolute atomic E-state index is 12.2. The first-order valence-electron chi connectivity index (χ1n) is 7.02. The number of furan rings is 2. The predicted octanol–water partition coefficient (Wildman–Crippen LogP) is 2.94. The lowest BCUT2D eigenvalue weighted by Crippen LogP contribution is -2.38. The molecule has 3 rings (SSSR count). The van der Waals surface area contributed by atoms with Crippen LogP contribution in [0.3, 0.4) is 0 Å². The number of aryl methyl sites for hydroxylation is 1. The van der Waals surface area contributed by atoms with Crippen LogP contribution in [0.4, 0.5) is 0 Å². The topological polar surface area (TPSA) is 88.5 Å². The number of aliphatic hydroxyl groups is 1. The monoisotopic (exact) mass is 332 g/mol. The van der Waals surface area contributed by atoms with Crippen LogP contribution in [0.25, 0.3) is 10.8 Å². The smallest absolute Gasteiger partial charge is 0.270 e. The summed E-state index contributed by atoms with van der Waals surface area (Å²) in [6.45, 7) is 3.44. The molecule has 0 saturated heterocycles. The van der Waals surface area contributed by atoms with E-state index in [0.717, 1.165) is 5.76 Å². The van der Waals surface area contributed by atoms with Gasteiger partial charge in [0.2, 0.25) is 0 Å². The highest BCUT2D eigenvalue weighted by molar-refractivity contribution is 7.13. The van der Waals surface area contributed by atoms with Gasteiger partial charge < -0.3 is 19.3 Å². The maximum Gasteiger partial charge on any atom is 0.270 e. The van der Waals surface area contributed by atoms with E-state index in [0.29, 0.717) is 16.5 Å². The number of aromatic nitrogens is 1. The molecule has 0 saturated carbocycles. The molecule has 0 aliphatic heterocycles. The zero-order chi connectivity index (χ0) is 16.4. The molecule has 1 amide bonds. The van der Waals surface area contributed by atoms with Crippen molar-refractivity contribution >= 4 is 17.2 Å². The van der Waals surface area contributed by atoms with Gasteiger partial charge in [-0.1, -0.05) is 0 Å². The number of amides is 1. The second-order valence-corrected chi connectivity index (χ2v) is 6.24. The molecular weight excluding hydrogens is 316 g/mol. The van der Waals surface area contributed by atoms with Crippen LogP contribution in [-0.4, -0.2) is 22.5 Å². The van der Waals surface area contributed by atoms with E-state index in [1.165, 1.54) is 17.6 Å². The van der Waals surface area contributed by atoms with Gasteiger partial charge in [0.05, 0.1) is 12.8 Å². The molecule has 1 unspecified atom stereocenters. The van der Waals surface area contributed by atoms with E-state index in [1.54, 1.807) is 24.4 Å². The van der Waals surface area contributed by atoms with Crippen LogP contribution in [0.15, 0.2) is 44.7 Å². The molecule has 7 heteroatoms. The number of nitrogens with zero attached hydrogens (tertiary/aromatic N) is 1. The van der Waals surface area contributed by atoms with Crippen LogP contribution in [0.2, 0.25) is 0 Å². The Balaban J connectivity index is 1.66. The molecule has 0 radical (unpaired) electrons. The Hall–Kier alpha value is -2.38. The van der Waals surface area contributed by atoms with E-state index in [1.807, 2.05) is 19.1 Å². The fraction of sp³-hybridized carbons (Fsp3) is 0.250. The minimum absolute atomic E-state index is 0.0199. The Labute approximate surface area is 136 Å². The number of nitrogens with one attached hydrogen (secondary N) is 1. The van der Waals surface area contributed by atoms with Crippen molar-refractivity contribution in [2.24, 2.45) is 0 Å². The molecule has 0 fully saturated rings. The number of carbonyl (C=O) groups excluding carboxylic acids is 1. The Morgan fingerprint density at radius 1 is 1.43 bits per heavy atom. The van der Waals surface area contributed by atoms with Crippen molar-refractivity contribution in [2.45, 2.75) is 19.4 Å². The van der Waals surface area contributed by atoms with Gasteiger partial charge in [0.15, 0.2) is 10.8 Å². The fourth-order valence-electron chi connectivity index (χ4n) is 2.06. The zero-order valence-electron chi connectivity index (χ0n) is 12.7. The van der Waals surface area contributed by atoms with Crippen LogP contribution in [0.5, 0.6) is 0 Å². The van der Waals surface area contributed by atoms with Crippen molar-refractivity contribution in [3.63, 3.8) is 0 Å². The minimum atomic E-state index is -1.28. The zero-order valence-corrected chi connectivity index (χ0v) is 13.5. The standard InChI is InChI=1S/C16H16N2O4S/c1-10-5-6-12(22-10)15-18-11(8-23-15)14(19)17-9-16(2,20)13-4-3-7-21-13/h3-8,20H,9H2,1-2H3,(H,17,19). The summed E-state index contributed by atoms with van der Waals surface area (Å²) in [6.07, 6.45) is 1.48. The van der Waals surface area contributed by atoms with Gasteiger partial charge in [0.25, 0.3) is 5.91 Å². The van der Waals surface area contributed by atoms with Gasteiger partial charge in [-0.05, 0) is 38.1 Å². The molecule has 0 aromatic carbocycles. The van der Waals surface area contributed by atoms with Crippen molar-refractivity contribution in [3.05, 3.63) is 53.1 Å². The van der Waals surface area contributed by atoms with Crippen LogP contribution in [0, 0.1) is 6.92 Å². The van der Waals surface area contributed by atoms with E-state index in [9.17, 15) is 9.90 Å². The van der Waals surface area contributed by atoms with Gasteiger partial charge in [0, 0.05) is 5.38 Å². The first kappa shape index (κ1) is 15.5. The molecule has 3 aromatic rings. The molecule has 0 aliphatic carbocycles. The molecule has 0 bridgehead atoms. The SMILES string of the molecule is Cc1ccc(-c2nc(C(=O)NCC(C)(O)c3ccco3)cs2)o1. The lowest BCUT2D eigenvalue weighted by Gasteiger charge is -2.20. The van der Waals surface area contributed by atoms with Crippen molar-refractivity contribution in [2.75, 3.05) is 6.54 Å². The molecule has 3 aromatic heterocycles. The second-order valence-electron chi connectivity index (χ2n) is 5.38. The summed E-state index contributed by atoms with van der Waals surface area (Å²) in [5.41, 5.74) is -0.995. The molecular formula is C16H16N2O4S. The molecule has 1 atom stereocenters. The van der Waals surface area contributed by atoms with E-state index < -0.39 is 5.60 Å². The summed E-state index contributed by atoms with van der Waals surface area (Å²) in [7, 11) is 0. The van der Waals surface area contributed by atoms with Gasteiger partial charge in [-0.3, -0.25) is 4.79 Å². The van der Waals surface area contributed by atoms with Gasteiger partial charge >= 0.3 is 0 Å². The van der Waals surface area contributed by atoms with E-state index >= 15 is 0 Å². The first-order valence-corrected chi connectivity index (χ1v) is 7.90. The number of rotatable bonds is 5. The highest BCUT2D eigenvalue weighted by Crippen LogP contribution is 2.25. The van der Waals surface area contributed by atoms with Crippen LogP contribution in [-0.2, 0) is 5.60 Å². The Kier molecular flexibility index (Phi) is 4.06. The summed E-state index contributed by atoms with van der Waals surface area (Å²) in [6, 6.07) is 7.00. The maximum atomic E-state index is 12.2. The average Bonchev–Trinajstić information content (AvgIpc) is 3.24. The quantitative estimate of drug-likeness (QED) is 0.750. The third-order valence-corrected chi connectivity index (χ3v) is 4.19. The lowest BCUT2D eigenvalue weighted by atomic mass is 10.0. The van der Waals surface area contributed by atoms with E-state index in [4.69, 9.17) is 8.83 Å². The van der Waals surface area contributed by atoms with Crippen molar-refractivity contribution in [1.82, 2.24) is 10.3 Å². The number of carbonyl (C=O) groups is 1. The number of thiazole rings is 1. The van der Waals surface area contributed by atoms with E-state index in [-0.39, 0.29) is 18.1 Å². The van der Waals surface area contributed by atoms with Gasteiger partial charge in [-0.2, -0.15) is 0 Å². The Morgan fingerprint density at radius 2 is 2.26 bits per heavy atom. The lowest BCUT2D eigenvalue weighted by molar-refractivity contribution is 0.0329. The molecule has 0 aliphatic rings. The molecule has 120 valence electrons.